The van der Waals surface area contributed by atoms with Crippen LogP contribution in [0, 0.1) is 5.41 Å². The Morgan fingerprint density at radius 2 is 2.21 bits per heavy atom. The third-order valence-electron chi connectivity index (χ3n) is 3.83. The minimum atomic E-state index is -0.838. The predicted molar refractivity (Wildman–Crippen MR) is 66.6 cm³/mol. The molecule has 1 amide bonds. The zero-order valence-electron chi connectivity index (χ0n) is 11.1. The summed E-state index contributed by atoms with van der Waals surface area (Å²) in [4.78, 5) is 29.1. The molecule has 1 aliphatic heterocycles. The van der Waals surface area contributed by atoms with Crippen molar-refractivity contribution in [2.45, 2.75) is 33.1 Å². The molecule has 2 heterocycles. The number of aromatic amines is 1. The number of nitrogens with zero attached hydrogens (tertiary/aromatic N) is 3. The fourth-order valence-electron chi connectivity index (χ4n) is 2.35. The van der Waals surface area contributed by atoms with Gasteiger partial charge in [0.05, 0.1) is 5.41 Å². The maximum Gasteiger partial charge on any atom is 0.311 e. The molecule has 1 atom stereocenters. The number of amides is 1. The summed E-state index contributed by atoms with van der Waals surface area (Å²) in [6.45, 7) is 4.42. The zero-order chi connectivity index (χ0) is 14.0. The summed E-state index contributed by atoms with van der Waals surface area (Å²) < 4.78 is 0. The van der Waals surface area contributed by atoms with Crippen LogP contribution in [0.25, 0.3) is 0 Å². The van der Waals surface area contributed by atoms with E-state index in [9.17, 15) is 14.7 Å². The van der Waals surface area contributed by atoms with Crippen molar-refractivity contribution >= 4 is 11.9 Å². The van der Waals surface area contributed by atoms with Gasteiger partial charge in [0.15, 0.2) is 0 Å². The van der Waals surface area contributed by atoms with Crippen LogP contribution in [0.3, 0.4) is 0 Å². The van der Waals surface area contributed by atoms with Crippen molar-refractivity contribution in [1.82, 2.24) is 20.1 Å². The van der Waals surface area contributed by atoms with Gasteiger partial charge in [-0.3, -0.25) is 14.7 Å². The fourth-order valence-corrected chi connectivity index (χ4v) is 2.35. The zero-order valence-corrected chi connectivity index (χ0v) is 11.1. The summed E-state index contributed by atoms with van der Waals surface area (Å²) in [6.07, 6.45) is 1.67. The maximum absolute atomic E-state index is 12.2. The Hall–Kier alpha value is -1.92. The van der Waals surface area contributed by atoms with E-state index in [2.05, 4.69) is 15.2 Å². The van der Waals surface area contributed by atoms with Gasteiger partial charge >= 0.3 is 5.97 Å². The van der Waals surface area contributed by atoms with Crippen LogP contribution in [0.2, 0.25) is 0 Å². The first-order valence-electron chi connectivity index (χ1n) is 6.46. The second-order valence-corrected chi connectivity index (χ2v) is 4.88. The second-order valence-electron chi connectivity index (χ2n) is 4.88. The number of hydrogen-bond donors (Lipinski definition) is 2. The van der Waals surface area contributed by atoms with E-state index in [0.717, 1.165) is 0 Å². The summed E-state index contributed by atoms with van der Waals surface area (Å²) in [5.41, 5.74) is -0.820. The third kappa shape index (κ3) is 2.32. The quantitative estimate of drug-likeness (QED) is 0.835. The van der Waals surface area contributed by atoms with E-state index in [-0.39, 0.29) is 18.3 Å². The number of aryl methyl sites for hydroxylation is 1. The highest BCUT2D eigenvalue weighted by Gasteiger charge is 2.45. The lowest BCUT2D eigenvalue weighted by Gasteiger charge is -2.22. The largest absolute Gasteiger partial charge is 0.481 e. The monoisotopic (exact) mass is 266 g/mol. The second kappa shape index (κ2) is 4.99. The average Bonchev–Trinajstić information content (AvgIpc) is 3.05. The third-order valence-corrected chi connectivity index (χ3v) is 3.83. The van der Waals surface area contributed by atoms with Crippen LogP contribution in [0.15, 0.2) is 0 Å². The molecule has 1 unspecified atom stereocenters. The molecule has 1 aromatic rings. The smallest absolute Gasteiger partial charge is 0.311 e. The highest BCUT2D eigenvalue weighted by Crippen LogP contribution is 2.34. The summed E-state index contributed by atoms with van der Waals surface area (Å²) in [5, 5.41) is 15.9. The molecule has 0 saturated carbocycles. The van der Waals surface area contributed by atoms with Crippen molar-refractivity contribution in [2.75, 3.05) is 13.1 Å². The lowest BCUT2D eigenvalue weighted by atomic mass is 9.84. The highest BCUT2D eigenvalue weighted by atomic mass is 16.4. The molecule has 1 aromatic heterocycles. The van der Waals surface area contributed by atoms with E-state index in [1.807, 2.05) is 13.8 Å². The molecule has 0 aromatic carbocycles. The number of carboxylic acid groups (broad SMARTS) is 1. The van der Waals surface area contributed by atoms with Gasteiger partial charge in [0.2, 0.25) is 5.82 Å². The standard InChI is InChI=1S/C12H18N4O3/c1-3-8-13-9(15-14-8)10(17)16-6-5-12(4-2,7-16)11(18)19/h3-7H2,1-2H3,(H,18,19)(H,13,14,15). The molecule has 7 heteroatoms. The van der Waals surface area contributed by atoms with Gasteiger partial charge in [-0.15, -0.1) is 5.10 Å². The van der Waals surface area contributed by atoms with Gasteiger partial charge < -0.3 is 10.0 Å². The van der Waals surface area contributed by atoms with Gasteiger partial charge in [-0.05, 0) is 12.8 Å². The summed E-state index contributed by atoms with van der Waals surface area (Å²) in [5.74, 6) is -0.362. The van der Waals surface area contributed by atoms with Crippen LogP contribution in [0.5, 0.6) is 0 Å². The number of carboxylic acids is 1. The molecule has 0 radical (unpaired) electrons. The number of rotatable bonds is 4. The molecule has 0 aliphatic carbocycles. The van der Waals surface area contributed by atoms with Crippen molar-refractivity contribution in [3.63, 3.8) is 0 Å². The molecule has 19 heavy (non-hydrogen) atoms. The molecule has 1 fully saturated rings. The van der Waals surface area contributed by atoms with Gasteiger partial charge in [-0.1, -0.05) is 13.8 Å². The summed E-state index contributed by atoms with van der Waals surface area (Å²) in [6, 6.07) is 0. The summed E-state index contributed by atoms with van der Waals surface area (Å²) in [7, 11) is 0. The number of likely N-dealkylation sites (tertiary alicyclic amines) is 1. The normalized spacial score (nSPS) is 22.7. The van der Waals surface area contributed by atoms with Crippen molar-refractivity contribution in [3.05, 3.63) is 11.6 Å². The van der Waals surface area contributed by atoms with Gasteiger partial charge in [0, 0.05) is 19.5 Å². The van der Waals surface area contributed by atoms with Crippen LogP contribution < -0.4 is 0 Å². The van der Waals surface area contributed by atoms with Crippen molar-refractivity contribution in [1.29, 1.82) is 0 Å². The minimum absolute atomic E-state index is 0.120. The van der Waals surface area contributed by atoms with Crippen LogP contribution in [-0.4, -0.2) is 50.2 Å². The lowest BCUT2D eigenvalue weighted by molar-refractivity contribution is -0.148. The highest BCUT2D eigenvalue weighted by molar-refractivity contribution is 5.91. The predicted octanol–water partition coefficient (Wildman–Crippen LogP) is 0.694. The number of carbonyl (C=O) groups is 2. The Bertz CT molecular complexity index is 499. The Morgan fingerprint density at radius 1 is 1.47 bits per heavy atom. The molecule has 0 bridgehead atoms. The van der Waals surface area contributed by atoms with Crippen molar-refractivity contribution in [2.24, 2.45) is 5.41 Å². The van der Waals surface area contributed by atoms with Crippen molar-refractivity contribution in [3.8, 4) is 0 Å². The van der Waals surface area contributed by atoms with E-state index in [1.54, 1.807) is 0 Å². The molecule has 0 spiro atoms. The molecule has 7 nitrogen and oxygen atoms in total. The minimum Gasteiger partial charge on any atom is -0.481 e. The Morgan fingerprint density at radius 3 is 2.68 bits per heavy atom. The first-order chi connectivity index (χ1) is 9.02. The van der Waals surface area contributed by atoms with Gasteiger partial charge in [-0.25, -0.2) is 4.98 Å². The summed E-state index contributed by atoms with van der Waals surface area (Å²) >= 11 is 0. The molecule has 1 aliphatic rings. The first-order valence-corrected chi connectivity index (χ1v) is 6.46. The Balaban J connectivity index is 2.12. The van der Waals surface area contributed by atoms with Gasteiger partial charge in [0.25, 0.3) is 5.91 Å². The van der Waals surface area contributed by atoms with Crippen LogP contribution in [-0.2, 0) is 11.2 Å². The molecular formula is C12H18N4O3. The molecule has 2 rings (SSSR count). The topological polar surface area (TPSA) is 99.2 Å². The van der Waals surface area contributed by atoms with Crippen molar-refractivity contribution < 1.29 is 14.7 Å². The molecular weight excluding hydrogens is 248 g/mol. The maximum atomic E-state index is 12.2. The number of nitrogens with one attached hydrogen (secondary N) is 1. The molecule has 104 valence electrons. The fraction of sp³-hybridized carbons (Fsp3) is 0.667. The van der Waals surface area contributed by atoms with E-state index in [4.69, 9.17) is 0 Å². The lowest BCUT2D eigenvalue weighted by Crippen LogP contribution is -2.36. The molecule has 2 N–H and O–H groups in total. The molecule has 1 saturated heterocycles. The van der Waals surface area contributed by atoms with Gasteiger partial charge in [0.1, 0.15) is 5.82 Å². The number of aromatic nitrogens is 3. The average molecular weight is 266 g/mol. The van der Waals surface area contributed by atoms with Crippen LogP contribution >= 0.6 is 0 Å². The number of hydrogen-bond acceptors (Lipinski definition) is 4. The number of aliphatic carboxylic acids is 1. The van der Waals surface area contributed by atoms with E-state index in [1.165, 1.54) is 4.90 Å². The Labute approximate surface area is 111 Å². The number of carbonyl (C=O) groups excluding carboxylic acids is 1. The number of H-pyrrole nitrogens is 1. The first kappa shape index (κ1) is 13.5. The Kier molecular flexibility index (Phi) is 3.55. The van der Waals surface area contributed by atoms with E-state index >= 15 is 0 Å². The van der Waals surface area contributed by atoms with Crippen LogP contribution in [0.4, 0.5) is 0 Å². The van der Waals surface area contributed by atoms with Crippen LogP contribution in [0.1, 0.15) is 43.1 Å². The SMILES string of the molecule is CCc1nc(C(=O)N2CCC(CC)(C(=O)O)C2)n[nH]1. The van der Waals surface area contributed by atoms with E-state index in [0.29, 0.717) is 31.6 Å². The van der Waals surface area contributed by atoms with Gasteiger partial charge in [-0.2, -0.15) is 0 Å². The van der Waals surface area contributed by atoms with E-state index < -0.39 is 11.4 Å².